The van der Waals surface area contributed by atoms with Crippen molar-refractivity contribution in [2.45, 2.75) is 43.8 Å². The fourth-order valence-electron chi connectivity index (χ4n) is 3.68. The Hall–Kier alpha value is -1.83. The Kier molecular flexibility index (Phi) is 7.15. The lowest BCUT2D eigenvalue weighted by Gasteiger charge is -2.42. The van der Waals surface area contributed by atoms with Gasteiger partial charge in [-0.3, -0.25) is 9.59 Å². The van der Waals surface area contributed by atoms with E-state index in [4.69, 9.17) is 31.5 Å². The standard InChI is InChI=1S/C20H27ClN2O5/c21-15-3-5-17(6-4-15)27-14-20(12-18(22)24)13-23(9-11-28-20)19(25)8-7-16-2-1-10-26-16/h3-6,16H,1-2,7-14H2,(H2,22,24)/t16-,20-/m1/s1. The number of hydrogen-bond donors (Lipinski definition) is 1. The fourth-order valence-corrected chi connectivity index (χ4v) is 3.81. The molecule has 2 aliphatic rings. The summed E-state index contributed by atoms with van der Waals surface area (Å²) in [6, 6.07) is 6.93. The molecule has 0 saturated carbocycles. The van der Waals surface area contributed by atoms with Gasteiger partial charge in [-0.1, -0.05) is 11.6 Å². The molecule has 0 radical (unpaired) electrons. The molecule has 2 N–H and O–H groups in total. The fraction of sp³-hybridized carbons (Fsp3) is 0.600. The van der Waals surface area contributed by atoms with Crippen LogP contribution in [0.25, 0.3) is 0 Å². The van der Waals surface area contributed by atoms with Crippen molar-refractivity contribution in [2.75, 3.05) is 32.9 Å². The molecule has 2 fully saturated rings. The molecular weight excluding hydrogens is 384 g/mol. The van der Waals surface area contributed by atoms with Gasteiger partial charge in [-0.15, -0.1) is 0 Å². The largest absolute Gasteiger partial charge is 0.490 e. The molecule has 0 aromatic heterocycles. The average Bonchev–Trinajstić information content (AvgIpc) is 3.19. The Bertz CT molecular complexity index is 678. The number of hydrogen-bond acceptors (Lipinski definition) is 5. The first-order valence-corrected chi connectivity index (χ1v) is 10.0. The molecular formula is C20H27ClN2O5. The highest BCUT2D eigenvalue weighted by Gasteiger charge is 2.41. The Morgan fingerprint density at radius 3 is 2.75 bits per heavy atom. The summed E-state index contributed by atoms with van der Waals surface area (Å²) < 4.78 is 17.3. The summed E-state index contributed by atoms with van der Waals surface area (Å²) in [7, 11) is 0. The zero-order chi connectivity index (χ0) is 20.0. The van der Waals surface area contributed by atoms with Gasteiger partial charge in [0.1, 0.15) is 18.0 Å². The van der Waals surface area contributed by atoms with E-state index in [-0.39, 0.29) is 31.6 Å². The maximum absolute atomic E-state index is 12.7. The van der Waals surface area contributed by atoms with Gasteiger partial charge >= 0.3 is 0 Å². The summed E-state index contributed by atoms with van der Waals surface area (Å²) in [5.41, 5.74) is 4.49. The molecule has 8 heteroatoms. The van der Waals surface area contributed by atoms with Crippen molar-refractivity contribution in [3.8, 4) is 5.75 Å². The minimum Gasteiger partial charge on any atom is -0.490 e. The van der Waals surface area contributed by atoms with E-state index in [0.717, 1.165) is 25.9 Å². The lowest BCUT2D eigenvalue weighted by atomic mass is 9.97. The number of rotatable bonds is 8. The van der Waals surface area contributed by atoms with E-state index in [0.29, 0.717) is 30.3 Å². The number of carbonyl (C=O) groups excluding carboxylic acids is 2. The zero-order valence-corrected chi connectivity index (χ0v) is 16.7. The van der Waals surface area contributed by atoms with Crippen molar-refractivity contribution in [1.29, 1.82) is 0 Å². The molecule has 0 bridgehead atoms. The second-order valence-corrected chi connectivity index (χ2v) is 7.84. The molecule has 1 aromatic rings. The van der Waals surface area contributed by atoms with Crippen LogP contribution in [-0.4, -0.2) is 61.3 Å². The summed E-state index contributed by atoms with van der Waals surface area (Å²) in [5, 5.41) is 0.608. The topological polar surface area (TPSA) is 91.1 Å². The van der Waals surface area contributed by atoms with Crippen molar-refractivity contribution in [3.63, 3.8) is 0 Å². The van der Waals surface area contributed by atoms with Crippen molar-refractivity contribution in [1.82, 2.24) is 4.90 Å². The third kappa shape index (κ3) is 5.83. The first kappa shape index (κ1) is 20.9. The molecule has 2 saturated heterocycles. The third-order valence-electron chi connectivity index (χ3n) is 5.12. The molecule has 2 heterocycles. The minimum absolute atomic E-state index is 0.0178. The number of ether oxygens (including phenoxy) is 3. The van der Waals surface area contributed by atoms with Crippen LogP contribution in [0.3, 0.4) is 0 Å². The van der Waals surface area contributed by atoms with Crippen molar-refractivity contribution < 1.29 is 23.8 Å². The number of nitrogens with two attached hydrogens (primary N) is 1. The van der Waals surface area contributed by atoms with Crippen LogP contribution in [-0.2, 0) is 19.1 Å². The van der Waals surface area contributed by atoms with E-state index in [9.17, 15) is 9.59 Å². The predicted molar refractivity (Wildman–Crippen MR) is 104 cm³/mol. The van der Waals surface area contributed by atoms with Crippen LogP contribution in [0.5, 0.6) is 5.75 Å². The van der Waals surface area contributed by atoms with Crippen molar-refractivity contribution in [2.24, 2.45) is 5.73 Å². The molecule has 0 unspecified atom stereocenters. The van der Waals surface area contributed by atoms with E-state index < -0.39 is 11.5 Å². The van der Waals surface area contributed by atoms with Crippen LogP contribution < -0.4 is 10.5 Å². The number of morpholine rings is 1. The van der Waals surface area contributed by atoms with Crippen molar-refractivity contribution >= 4 is 23.4 Å². The average molecular weight is 411 g/mol. The van der Waals surface area contributed by atoms with Gasteiger partial charge < -0.3 is 24.8 Å². The highest BCUT2D eigenvalue weighted by Crippen LogP contribution is 2.26. The molecule has 2 aliphatic heterocycles. The number of carbonyl (C=O) groups is 2. The predicted octanol–water partition coefficient (Wildman–Crippen LogP) is 2.15. The molecule has 0 spiro atoms. The summed E-state index contributed by atoms with van der Waals surface area (Å²) in [4.78, 5) is 26.1. The first-order valence-electron chi connectivity index (χ1n) is 9.66. The lowest BCUT2D eigenvalue weighted by molar-refractivity contribution is -0.162. The summed E-state index contributed by atoms with van der Waals surface area (Å²) >= 11 is 5.89. The van der Waals surface area contributed by atoms with Crippen LogP contribution in [0.1, 0.15) is 32.1 Å². The van der Waals surface area contributed by atoms with Gasteiger partial charge in [0.15, 0.2) is 0 Å². The Balaban J connectivity index is 1.60. The molecule has 28 heavy (non-hydrogen) atoms. The van der Waals surface area contributed by atoms with Crippen LogP contribution in [0, 0.1) is 0 Å². The molecule has 154 valence electrons. The summed E-state index contributed by atoms with van der Waals surface area (Å²) in [5.74, 6) is 0.158. The van der Waals surface area contributed by atoms with E-state index in [2.05, 4.69) is 0 Å². The summed E-state index contributed by atoms with van der Waals surface area (Å²) in [6.45, 7) is 2.00. The Labute approximate surface area is 170 Å². The minimum atomic E-state index is -0.955. The second-order valence-electron chi connectivity index (χ2n) is 7.41. The molecule has 7 nitrogen and oxygen atoms in total. The number of benzene rings is 1. The second kappa shape index (κ2) is 9.58. The van der Waals surface area contributed by atoms with E-state index in [1.165, 1.54) is 0 Å². The molecule has 2 atom stereocenters. The Morgan fingerprint density at radius 2 is 2.07 bits per heavy atom. The summed E-state index contributed by atoms with van der Waals surface area (Å²) in [6.07, 6.45) is 3.37. The van der Waals surface area contributed by atoms with Crippen LogP contribution >= 0.6 is 11.6 Å². The van der Waals surface area contributed by atoms with Gasteiger partial charge in [0.2, 0.25) is 11.8 Å². The molecule has 3 rings (SSSR count). The highest BCUT2D eigenvalue weighted by molar-refractivity contribution is 6.30. The van der Waals surface area contributed by atoms with Gasteiger partial charge in [-0.25, -0.2) is 0 Å². The zero-order valence-electron chi connectivity index (χ0n) is 15.9. The van der Waals surface area contributed by atoms with Crippen LogP contribution in [0.15, 0.2) is 24.3 Å². The van der Waals surface area contributed by atoms with E-state index in [1.807, 2.05) is 0 Å². The van der Waals surface area contributed by atoms with Gasteiger partial charge in [-0.2, -0.15) is 0 Å². The van der Waals surface area contributed by atoms with Gasteiger partial charge in [0.25, 0.3) is 0 Å². The number of halogens is 1. The Morgan fingerprint density at radius 1 is 1.29 bits per heavy atom. The normalized spacial score (nSPS) is 24.9. The lowest BCUT2D eigenvalue weighted by Crippen LogP contribution is -2.58. The third-order valence-corrected chi connectivity index (χ3v) is 5.37. The van der Waals surface area contributed by atoms with Gasteiger partial charge in [-0.05, 0) is 43.5 Å². The number of primary amides is 1. The van der Waals surface area contributed by atoms with E-state index >= 15 is 0 Å². The quantitative estimate of drug-likeness (QED) is 0.709. The van der Waals surface area contributed by atoms with Crippen LogP contribution in [0.4, 0.5) is 0 Å². The van der Waals surface area contributed by atoms with Crippen LogP contribution in [0.2, 0.25) is 5.02 Å². The number of amides is 2. The SMILES string of the molecule is NC(=O)C[C@]1(COc2ccc(Cl)cc2)CN(C(=O)CC[C@H]2CCCO2)CCO1. The molecule has 0 aliphatic carbocycles. The van der Waals surface area contributed by atoms with Crippen molar-refractivity contribution in [3.05, 3.63) is 29.3 Å². The van der Waals surface area contributed by atoms with E-state index in [1.54, 1.807) is 29.2 Å². The maximum Gasteiger partial charge on any atom is 0.222 e. The van der Waals surface area contributed by atoms with Gasteiger partial charge in [0.05, 0.1) is 25.7 Å². The highest BCUT2D eigenvalue weighted by atomic mass is 35.5. The van der Waals surface area contributed by atoms with Gasteiger partial charge in [0, 0.05) is 24.6 Å². The first-order chi connectivity index (χ1) is 13.5. The maximum atomic E-state index is 12.7. The molecule has 2 amide bonds. The number of nitrogens with zero attached hydrogens (tertiary/aromatic N) is 1. The monoisotopic (exact) mass is 410 g/mol. The molecule has 1 aromatic carbocycles. The smallest absolute Gasteiger partial charge is 0.222 e.